The lowest BCUT2D eigenvalue weighted by Gasteiger charge is -1.97. The molecule has 0 spiro atoms. The molecule has 0 fully saturated rings. The number of hydrogen-bond acceptors (Lipinski definition) is 1. The van der Waals surface area contributed by atoms with E-state index in [0.29, 0.717) is 6.54 Å². The summed E-state index contributed by atoms with van der Waals surface area (Å²) in [4.78, 5) is 10.6. The van der Waals surface area contributed by atoms with Crippen molar-refractivity contribution in [1.82, 2.24) is 5.32 Å². The van der Waals surface area contributed by atoms with Crippen LogP contribution in [-0.2, 0) is 4.79 Å². The lowest BCUT2D eigenvalue weighted by atomic mass is 10.1. The normalized spacial score (nSPS) is 11.4. The highest BCUT2D eigenvalue weighted by atomic mass is 16.1. The summed E-state index contributed by atoms with van der Waals surface area (Å²) < 4.78 is 0. The van der Waals surface area contributed by atoms with Crippen molar-refractivity contribution in [1.29, 1.82) is 0 Å². The Balaban J connectivity index is 3.22. The monoisotopic (exact) mass is 237 g/mol. The molecule has 1 N–H and O–H groups in total. The first-order chi connectivity index (χ1) is 8.27. The fourth-order valence-electron chi connectivity index (χ4n) is 1.57. The van der Waals surface area contributed by atoms with Gasteiger partial charge in [0.05, 0.1) is 0 Å². The molecule has 0 saturated heterocycles. The van der Waals surface area contributed by atoms with E-state index in [2.05, 4.69) is 24.4 Å². The van der Waals surface area contributed by atoms with Gasteiger partial charge >= 0.3 is 0 Å². The molecule has 1 amide bonds. The van der Waals surface area contributed by atoms with Crippen LogP contribution in [0.15, 0.2) is 24.3 Å². The third-order valence-corrected chi connectivity index (χ3v) is 2.58. The molecule has 0 radical (unpaired) electrons. The first kappa shape index (κ1) is 16.0. The van der Waals surface area contributed by atoms with E-state index in [9.17, 15) is 4.79 Å². The zero-order valence-electron chi connectivity index (χ0n) is 11.4. The van der Waals surface area contributed by atoms with Crippen LogP contribution in [0.5, 0.6) is 0 Å². The molecule has 98 valence electrons. The molecule has 0 aliphatic heterocycles. The van der Waals surface area contributed by atoms with Crippen molar-refractivity contribution >= 4 is 5.91 Å². The minimum atomic E-state index is 0.0192. The summed E-state index contributed by atoms with van der Waals surface area (Å²) in [6.07, 6.45) is 17.5. The lowest BCUT2D eigenvalue weighted by molar-refractivity contribution is -0.118. The Kier molecular flexibility index (Phi) is 12.2. The molecule has 0 heterocycles. The van der Waals surface area contributed by atoms with Gasteiger partial charge in [-0.25, -0.2) is 0 Å². The minimum absolute atomic E-state index is 0.0192. The third-order valence-electron chi connectivity index (χ3n) is 2.58. The molecule has 0 aliphatic carbocycles. The summed E-state index contributed by atoms with van der Waals surface area (Å²) in [6, 6.07) is 0. The quantitative estimate of drug-likeness (QED) is 0.452. The predicted octanol–water partition coefficient (Wildman–Crippen LogP) is 3.99. The smallest absolute Gasteiger partial charge is 0.217 e. The van der Waals surface area contributed by atoms with Crippen LogP contribution in [0.1, 0.15) is 58.8 Å². The molecule has 0 aromatic heterocycles. The van der Waals surface area contributed by atoms with Crippen LogP contribution in [0, 0.1) is 0 Å². The largest absolute Gasteiger partial charge is 0.353 e. The lowest BCUT2D eigenvalue weighted by Crippen LogP contribution is -2.19. The molecule has 0 atom stereocenters. The molecule has 2 heteroatoms. The van der Waals surface area contributed by atoms with Crippen molar-refractivity contribution in [2.45, 2.75) is 58.8 Å². The molecule has 0 aliphatic rings. The van der Waals surface area contributed by atoms with E-state index in [4.69, 9.17) is 0 Å². The minimum Gasteiger partial charge on any atom is -0.353 e. The number of hydrogen-bond donors (Lipinski definition) is 1. The number of carbonyl (C=O) groups excluding carboxylic acids is 1. The number of amides is 1. The predicted molar refractivity (Wildman–Crippen MR) is 75.0 cm³/mol. The maximum Gasteiger partial charge on any atom is 0.217 e. The Morgan fingerprint density at radius 3 is 2.35 bits per heavy atom. The number of carbonyl (C=O) groups is 1. The van der Waals surface area contributed by atoms with Gasteiger partial charge in [0.15, 0.2) is 0 Å². The molecule has 0 unspecified atom stereocenters. The second-order valence-corrected chi connectivity index (χ2v) is 4.35. The molecular formula is C15H27NO. The maximum atomic E-state index is 10.6. The van der Waals surface area contributed by atoms with Crippen molar-refractivity contribution in [2.24, 2.45) is 0 Å². The average Bonchev–Trinajstić information content (AvgIpc) is 2.30. The van der Waals surface area contributed by atoms with E-state index in [-0.39, 0.29) is 5.91 Å². The zero-order chi connectivity index (χ0) is 12.8. The first-order valence-corrected chi connectivity index (χ1v) is 6.83. The van der Waals surface area contributed by atoms with Crippen LogP contribution < -0.4 is 5.32 Å². The third kappa shape index (κ3) is 14.9. The molecule has 0 saturated carbocycles. The fourth-order valence-corrected chi connectivity index (χ4v) is 1.57. The van der Waals surface area contributed by atoms with E-state index in [1.54, 1.807) is 0 Å². The van der Waals surface area contributed by atoms with Crippen LogP contribution in [0.3, 0.4) is 0 Å². The van der Waals surface area contributed by atoms with Gasteiger partial charge in [-0.3, -0.25) is 4.79 Å². The van der Waals surface area contributed by atoms with Gasteiger partial charge in [0.1, 0.15) is 0 Å². The van der Waals surface area contributed by atoms with Crippen molar-refractivity contribution in [2.75, 3.05) is 6.54 Å². The topological polar surface area (TPSA) is 29.1 Å². The second-order valence-electron chi connectivity index (χ2n) is 4.35. The summed E-state index contributed by atoms with van der Waals surface area (Å²) in [7, 11) is 0. The summed E-state index contributed by atoms with van der Waals surface area (Å²) in [6.45, 7) is 4.40. The summed E-state index contributed by atoms with van der Waals surface area (Å²) in [5.41, 5.74) is 0. The highest BCUT2D eigenvalue weighted by Crippen LogP contribution is 2.06. The Hall–Kier alpha value is -1.05. The standard InChI is InChI=1S/C15H27NO/c1-3-4-5-6-7-8-9-10-11-12-13-14-16-15(2)17/h10-13H,3-9,14H2,1-2H3,(H,16,17)/b11-10+,13-12+. The van der Waals surface area contributed by atoms with Gasteiger partial charge in [0, 0.05) is 13.5 Å². The summed E-state index contributed by atoms with van der Waals surface area (Å²) >= 11 is 0. The highest BCUT2D eigenvalue weighted by Gasteiger charge is 1.87. The van der Waals surface area contributed by atoms with E-state index >= 15 is 0 Å². The van der Waals surface area contributed by atoms with E-state index < -0.39 is 0 Å². The van der Waals surface area contributed by atoms with Crippen LogP contribution in [0.25, 0.3) is 0 Å². The molecule has 0 bridgehead atoms. The van der Waals surface area contributed by atoms with Crippen molar-refractivity contribution in [3.8, 4) is 0 Å². The molecule has 17 heavy (non-hydrogen) atoms. The van der Waals surface area contributed by atoms with Gasteiger partial charge in [-0.1, -0.05) is 63.3 Å². The number of nitrogens with one attached hydrogen (secondary N) is 1. The average molecular weight is 237 g/mol. The van der Waals surface area contributed by atoms with Gasteiger partial charge < -0.3 is 5.32 Å². The highest BCUT2D eigenvalue weighted by molar-refractivity contribution is 5.72. The zero-order valence-corrected chi connectivity index (χ0v) is 11.4. The summed E-state index contributed by atoms with van der Waals surface area (Å²) in [5.74, 6) is 0.0192. The fraction of sp³-hybridized carbons (Fsp3) is 0.667. The molecular weight excluding hydrogens is 210 g/mol. The maximum absolute atomic E-state index is 10.6. The van der Waals surface area contributed by atoms with Crippen molar-refractivity contribution in [3.05, 3.63) is 24.3 Å². The van der Waals surface area contributed by atoms with Crippen LogP contribution in [0.2, 0.25) is 0 Å². The van der Waals surface area contributed by atoms with Gasteiger partial charge in [-0.15, -0.1) is 0 Å². The Labute approximate surface area is 106 Å². The van der Waals surface area contributed by atoms with Gasteiger partial charge in [0.25, 0.3) is 0 Å². The van der Waals surface area contributed by atoms with Crippen LogP contribution in [-0.4, -0.2) is 12.5 Å². The SMILES string of the molecule is CCCCCCCC/C=C/C=C/CNC(C)=O. The number of allylic oxidation sites excluding steroid dienone is 3. The Morgan fingerprint density at radius 1 is 1.00 bits per heavy atom. The molecule has 0 aromatic rings. The van der Waals surface area contributed by atoms with Crippen molar-refractivity contribution in [3.63, 3.8) is 0 Å². The van der Waals surface area contributed by atoms with Crippen LogP contribution in [0.4, 0.5) is 0 Å². The van der Waals surface area contributed by atoms with Gasteiger partial charge in [-0.2, -0.15) is 0 Å². The van der Waals surface area contributed by atoms with Gasteiger partial charge in [-0.05, 0) is 12.8 Å². The number of rotatable bonds is 10. The number of unbranched alkanes of at least 4 members (excludes halogenated alkanes) is 6. The molecule has 0 rings (SSSR count). The van der Waals surface area contributed by atoms with E-state index in [1.165, 1.54) is 45.4 Å². The Bertz CT molecular complexity index is 231. The van der Waals surface area contributed by atoms with Gasteiger partial charge in [0.2, 0.25) is 5.91 Å². The molecule has 0 aromatic carbocycles. The molecule has 2 nitrogen and oxygen atoms in total. The second kappa shape index (κ2) is 13.0. The Morgan fingerprint density at radius 2 is 1.65 bits per heavy atom. The summed E-state index contributed by atoms with van der Waals surface area (Å²) in [5, 5.41) is 2.72. The first-order valence-electron chi connectivity index (χ1n) is 6.83. The van der Waals surface area contributed by atoms with Crippen molar-refractivity contribution < 1.29 is 4.79 Å². The van der Waals surface area contributed by atoms with Crippen LogP contribution >= 0.6 is 0 Å². The van der Waals surface area contributed by atoms with E-state index in [0.717, 1.165) is 6.42 Å². The van der Waals surface area contributed by atoms with E-state index in [1.807, 2.05) is 12.2 Å².